The number of H-pyrrole nitrogens is 1. The van der Waals surface area contributed by atoms with E-state index in [2.05, 4.69) is 29.4 Å². The average molecular weight is 423 g/mol. The van der Waals surface area contributed by atoms with E-state index in [1.807, 2.05) is 49.6 Å². The lowest BCUT2D eigenvalue weighted by Crippen LogP contribution is -2.41. The second-order valence-corrected chi connectivity index (χ2v) is 9.57. The molecule has 0 aliphatic carbocycles. The van der Waals surface area contributed by atoms with Gasteiger partial charge in [-0.05, 0) is 39.0 Å². The molecule has 0 fully saturated rings. The van der Waals surface area contributed by atoms with Crippen molar-refractivity contribution in [1.29, 1.82) is 0 Å². The first-order valence-electron chi connectivity index (χ1n) is 9.74. The molecule has 2 atom stereocenters. The van der Waals surface area contributed by atoms with Crippen molar-refractivity contribution in [3.63, 3.8) is 0 Å². The molecule has 10 heteroatoms. The number of hydrogen-bond donors (Lipinski definition) is 1. The quantitative estimate of drug-likeness (QED) is 0.508. The molecule has 5 heterocycles. The smallest absolute Gasteiger partial charge is 0.312 e. The number of rotatable bonds is 3. The number of aryl methyl sites for hydroxylation is 1. The third-order valence-corrected chi connectivity index (χ3v) is 5.57. The van der Waals surface area contributed by atoms with Crippen molar-refractivity contribution >= 4 is 20.7 Å². The average Bonchev–Trinajstić information content (AvgIpc) is 3.44. The molecule has 4 aromatic rings. The number of pyridine rings is 1. The Bertz CT molecular complexity index is 1250. The fourth-order valence-corrected chi connectivity index (χ4v) is 3.91. The van der Waals surface area contributed by atoms with E-state index < -0.39 is 11.2 Å². The normalized spacial score (nSPS) is 16.8. The van der Waals surface area contributed by atoms with Gasteiger partial charge in [0, 0.05) is 24.4 Å². The van der Waals surface area contributed by atoms with Crippen molar-refractivity contribution in [3.8, 4) is 0 Å². The number of imidazole rings is 1. The van der Waals surface area contributed by atoms with E-state index in [0.717, 1.165) is 28.3 Å². The van der Waals surface area contributed by atoms with Gasteiger partial charge in [-0.25, -0.2) is 9.50 Å². The maximum atomic E-state index is 13.4. The van der Waals surface area contributed by atoms with E-state index in [1.54, 1.807) is 11.2 Å². The monoisotopic (exact) mass is 423 g/mol. The first-order chi connectivity index (χ1) is 14.3. The first-order valence-corrected chi connectivity index (χ1v) is 10.3. The van der Waals surface area contributed by atoms with Crippen LogP contribution in [0.3, 0.4) is 0 Å². The topological polar surface area (TPSA) is 105 Å². The molecule has 0 aromatic carbocycles. The van der Waals surface area contributed by atoms with Crippen LogP contribution in [0.25, 0.3) is 5.52 Å². The third-order valence-electron chi connectivity index (χ3n) is 5.32. The Labute approximate surface area is 175 Å². The zero-order chi connectivity index (χ0) is 21.0. The molecule has 1 amide bonds. The van der Waals surface area contributed by atoms with Gasteiger partial charge in [-0.2, -0.15) is 5.10 Å². The van der Waals surface area contributed by atoms with Crippen LogP contribution >= 0.6 is 9.24 Å². The second kappa shape index (κ2) is 6.74. The van der Waals surface area contributed by atoms with Gasteiger partial charge in [0.15, 0.2) is 0 Å². The van der Waals surface area contributed by atoms with Gasteiger partial charge in [-0.15, -0.1) is 19.4 Å². The number of carbonyl (C=O) groups is 1. The summed E-state index contributed by atoms with van der Waals surface area (Å²) < 4.78 is 7.58. The Morgan fingerprint density at radius 2 is 2.17 bits per heavy atom. The van der Waals surface area contributed by atoms with Gasteiger partial charge in [0.05, 0.1) is 28.4 Å². The Morgan fingerprint density at radius 1 is 1.33 bits per heavy atom. The number of carbonyl (C=O) groups excluding carboxylic acids is 1. The maximum Gasteiger partial charge on any atom is 0.312 e. The van der Waals surface area contributed by atoms with Gasteiger partial charge in [0.25, 0.3) is 0 Å². The van der Waals surface area contributed by atoms with Crippen molar-refractivity contribution in [2.24, 2.45) is 0 Å². The molecule has 0 bridgehead atoms. The lowest BCUT2D eigenvalue weighted by molar-refractivity contribution is 0.0643. The fraction of sp³-hybridized carbons (Fsp3) is 0.350. The summed E-state index contributed by atoms with van der Waals surface area (Å²) in [4.78, 5) is 22.8. The van der Waals surface area contributed by atoms with Crippen LogP contribution in [-0.2, 0) is 11.6 Å². The van der Waals surface area contributed by atoms with Gasteiger partial charge in [0.2, 0.25) is 5.89 Å². The summed E-state index contributed by atoms with van der Waals surface area (Å²) in [5.41, 5.74) is 4.53. The van der Waals surface area contributed by atoms with Crippen molar-refractivity contribution in [3.05, 3.63) is 65.1 Å². The van der Waals surface area contributed by atoms with E-state index in [1.165, 1.54) is 0 Å². The minimum absolute atomic E-state index is 0.0237. The summed E-state index contributed by atoms with van der Waals surface area (Å²) in [5.74, 6) is 0.0492. The number of hydrogen-bond acceptors (Lipinski definition) is 6. The molecule has 30 heavy (non-hydrogen) atoms. The summed E-state index contributed by atoms with van der Waals surface area (Å²) in [6, 6.07) is 7.54. The van der Waals surface area contributed by atoms with Gasteiger partial charge in [-0.3, -0.25) is 4.79 Å². The summed E-state index contributed by atoms with van der Waals surface area (Å²) in [6.07, 6.45) is 2.33. The van der Waals surface area contributed by atoms with Crippen LogP contribution in [0.1, 0.15) is 59.2 Å². The summed E-state index contributed by atoms with van der Waals surface area (Å²) in [5, 5.41) is 12.4. The molecular formula is C20H22N7O2P. The lowest BCUT2D eigenvalue weighted by Gasteiger charge is -2.32. The molecule has 5 rings (SSSR count). The number of aromatic amines is 1. The van der Waals surface area contributed by atoms with E-state index in [4.69, 9.17) is 9.52 Å². The minimum Gasteiger partial charge on any atom is -0.416 e. The highest BCUT2D eigenvalue weighted by Crippen LogP contribution is 2.35. The molecule has 154 valence electrons. The van der Waals surface area contributed by atoms with Crippen LogP contribution in [-0.4, -0.2) is 47.1 Å². The maximum absolute atomic E-state index is 13.4. The van der Waals surface area contributed by atoms with Crippen LogP contribution in [0.5, 0.6) is 0 Å². The van der Waals surface area contributed by atoms with Crippen molar-refractivity contribution in [2.75, 3.05) is 6.54 Å². The molecule has 9 nitrogen and oxygen atoms in total. The predicted octanol–water partition coefficient (Wildman–Crippen LogP) is 2.65. The van der Waals surface area contributed by atoms with Crippen molar-refractivity contribution < 1.29 is 9.21 Å². The zero-order valence-corrected chi connectivity index (χ0v) is 18.1. The van der Waals surface area contributed by atoms with Crippen LogP contribution in [0.15, 0.2) is 35.0 Å². The van der Waals surface area contributed by atoms with Crippen LogP contribution in [0.4, 0.5) is 0 Å². The summed E-state index contributed by atoms with van der Waals surface area (Å²) in [6.45, 7) is 6.35. The van der Waals surface area contributed by atoms with Gasteiger partial charge in [0.1, 0.15) is 6.04 Å². The third kappa shape index (κ3) is 3.01. The second-order valence-electron chi connectivity index (χ2n) is 8.12. The molecule has 1 unspecified atom stereocenters. The first kappa shape index (κ1) is 18.9. The number of amides is 1. The molecule has 1 aliphatic rings. The van der Waals surface area contributed by atoms with Crippen LogP contribution in [0.2, 0.25) is 0 Å². The Morgan fingerprint density at radius 3 is 2.90 bits per heavy atom. The molecule has 0 saturated carbocycles. The molecule has 1 N–H and O–H groups in total. The standard InChI is InChI=1S/C20H22N7O2P/c1-11-5-4-6-12-9-14(25-27(11)12)16-15-13(21-10-22-15)7-8-26(16)18(28)17-23-24-19(29-17)20(2,3)30/h4-6,9-10,16H,7-8,30H2,1-3H3,(H,21,22)/t16-/m1/s1. The van der Waals surface area contributed by atoms with Crippen molar-refractivity contribution in [1.82, 2.24) is 34.7 Å². The van der Waals surface area contributed by atoms with Crippen LogP contribution in [0, 0.1) is 6.92 Å². The Kier molecular flexibility index (Phi) is 4.25. The van der Waals surface area contributed by atoms with Crippen molar-refractivity contribution in [2.45, 2.75) is 38.4 Å². The van der Waals surface area contributed by atoms with Gasteiger partial charge >= 0.3 is 11.8 Å². The Hall–Kier alpha value is -3.06. The van der Waals surface area contributed by atoms with E-state index >= 15 is 0 Å². The van der Waals surface area contributed by atoms with E-state index in [-0.39, 0.29) is 11.8 Å². The molecule has 1 aliphatic heterocycles. The molecule has 4 aromatic heterocycles. The molecule has 0 spiro atoms. The fourth-order valence-electron chi connectivity index (χ4n) is 3.79. The lowest BCUT2D eigenvalue weighted by atomic mass is 9.99. The zero-order valence-electron chi connectivity index (χ0n) is 17.0. The van der Waals surface area contributed by atoms with Gasteiger partial charge < -0.3 is 14.3 Å². The van der Waals surface area contributed by atoms with Gasteiger partial charge in [-0.1, -0.05) is 6.07 Å². The molecular weight excluding hydrogens is 401 g/mol. The Balaban J connectivity index is 1.59. The molecule has 0 radical (unpaired) electrons. The minimum atomic E-state index is -0.439. The number of fused-ring (bicyclic) bond motifs is 2. The molecule has 0 saturated heterocycles. The number of aromatic nitrogens is 6. The highest BCUT2D eigenvalue weighted by atomic mass is 31.0. The summed E-state index contributed by atoms with van der Waals surface area (Å²) in [7, 11) is 2.64. The summed E-state index contributed by atoms with van der Waals surface area (Å²) >= 11 is 0. The highest BCUT2D eigenvalue weighted by Gasteiger charge is 2.38. The number of nitrogens with zero attached hydrogens (tertiary/aromatic N) is 6. The number of nitrogens with one attached hydrogen (secondary N) is 1. The van der Waals surface area contributed by atoms with E-state index in [0.29, 0.717) is 18.9 Å². The largest absolute Gasteiger partial charge is 0.416 e. The predicted molar refractivity (Wildman–Crippen MR) is 112 cm³/mol. The highest BCUT2D eigenvalue weighted by molar-refractivity contribution is 7.18. The van der Waals surface area contributed by atoms with Crippen LogP contribution < -0.4 is 0 Å². The SMILES string of the molecule is Cc1cccc2cc([C@@H]3c4nc[nH]c4CCN3C(=O)c3nnc(C(C)(C)P)o3)nn12. The van der Waals surface area contributed by atoms with E-state index in [9.17, 15) is 4.79 Å².